The molecule has 4 rings (SSSR count). The summed E-state index contributed by atoms with van der Waals surface area (Å²) in [5, 5.41) is 11.1. The minimum atomic E-state index is -1.26. The first-order valence-corrected chi connectivity index (χ1v) is 15.7. The summed E-state index contributed by atoms with van der Waals surface area (Å²) in [5.74, 6) is -3.07. The van der Waals surface area contributed by atoms with Crippen molar-refractivity contribution in [2.24, 2.45) is 17.8 Å². The van der Waals surface area contributed by atoms with E-state index in [1.807, 2.05) is 19.9 Å². The van der Waals surface area contributed by atoms with Gasteiger partial charge in [0.15, 0.2) is 0 Å². The van der Waals surface area contributed by atoms with Crippen molar-refractivity contribution >= 4 is 51.0 Å². The number of allylic oxidation sites excluding steroid dienone is 1. The van der Waals surface area contributed by atoms with Crippen LogP contribution < -0.4 is 4.90 Å². The summed E-state index contributed by atoms with van der Waals surface area (Å²) >= 11 is 9.81. The van der Waals surface area contributed by atoms with Crippen molar-refractivity contribution in [1.82, 2.24) is 4.90 Å². The Hall–Kier alpha value is -2.20. The van der Waals surface area contributed by atoms with E-state index in [4.69, 9.17) is 21.1 Å². The molecule has 0 saturated carbocycles. The third kappa shape index (κ3) is 5.75. The Bertz CT molecular complexity index is 1150. The van der Waals surface area contributed by atoms with Crippen molar-refractivity contribution in [1.29, 1.82) is 0 Å². The van der Waals surface area contributed by atoms with Gasteiger partial charge in [0.25, 0.3) is 5.91 Å². The molecule has 41 heavy (non-hydrogen) atoms. The predicted molar refractivity (Wildman–Crippen MR) is 162 cm³/mol. The molecule has 3 saturated heterocycles. The fourth-order valence-electron chi connectivity index (χ4n) is 6.67. The maximum atomic E-state index is 14.6. The zero-order chi connectivity index (χ0) is 29.9. The van der Waals surface area contributed by atoms with Crippen LogP contribution in [0.2, 0.25) is 5.02 Å². The van der Waals surface area contributed by atoms with Crippen molar-refractivity contribution in [3.63, 3.8) is 0 Å². The maximum Gasteiger partial charge on any atom is 0.312 e. The quantitative estimate of drug-likeness (QED) is 0.133. The normalized spacial score (nSPS) is 29.6. The van der Waals surface area contributed by atoms with Crippen LogP contribution in [-0.2, 0) is 23.9 Å². The molecule has 2 bridgehead atoms. The van der Waals surface area contributed by atoms with Crippen molar-refractivity contribution in [3.05, 3.63) is 54.6 Å². The Morgan fingerprint density at radius 3 is 2.61 bits per heavy atom. The van der Waals surface area contributed by atoms with Gasteiger partial charge in [-0.1, -0.05) is 60.0 Å². The average molecular weight is 652 g/mol. The smallest absolute Gasteiger partial charge is 0.312 e. The van der Waals surface area contributed by atoms with Crippen LogP contribution in [0.15, 0.2) is 49.6 Å². The zero-order valence-corrected chi connectivity index (χ0v) is 26.1. The average Bonchev–Trinajstić information content (AvgIpc) is 3.55. The molecule has 1 aromatic carbocycles. The number of nitrogens with zero attached hydrogens (tertiary/aromatic N) is 2. The van der Waals surface area contributed by atoms with Crippen LogP contribution in [0, 0.1) is 17.8 Å². The highest BCUT2D eigenvalue weighted by Gasteiger charge is 2.77. The Balaban J connectivity index is 1.76. The van der Waals surface area contributed by atoms with Crippen LogP contribution in [0.1, 0.15) is 46.0 Å². The lowest BCUT2D eigenvalue weighted by Gasteiger charge is -2.41. The van der Waals surface area contributed by atoms with Gasteiger partial charge in [-0.2, -0.15) is 0 Å². The first kappa shape index (κ1) is 31.7. The molecule has 1 N–H and O–H groups in total. The van der Waals surface area contributed by atoms with Gasteiger partial charge in [0.05, 0.1) is 37.2 Å². The number of halogens is 2. The molecule has 1 aromatic rings. The second-order valence-corrected chi connectivity index (χ2v) is 12.8. The molecule has 0 radical (unpaired) electrons. The van der Waals surface area contributed by atoms with Gasteiger partial charge in [-0.05, 0) is 55.9 Å². The monoisotopic (exact) mass is 650 g/mol. The number of alkyl halides is 1. The number of rotatable bonds is 14. The van der Waals surface area contributed by atoms with E-state index in [1.165, 1.54) is 4.90 Å². The number of amides is 2. The van der Waals surface area contributed by atoms with Gasteiger partial charge in [0.1, 0.15) is 11.6 Å². The van der Waals surface area contributed by atoms with Crippen LogP contribution >= 0.6 is 27.5 Å². The number of aliphatic hydroxyl groups is 1. The summed E-state index contributed by atoms with van der Waals surface area (Å²) in [6, 6.07) is 5.18. The molecular weight excluding hydrogens is 612 g/mol. The summed E-state index contributed by atoms with van der Waals surface area (Å²) in [6.07, 6.45) is 6.23. The highest BCUT2D eigenvalue weighted by molar-refractivity contribution is 9.09. The Kier molecular flexibility index (Phi) is 10.4. The minimum Gasteiger partial charge on any atom is -0.465 e. The minimum absolute atomic E-state index is 0.106. The van der Waals surface area contributed by atoms with E-state index in [1.54, 1.807) is 35.2 Å². The molecule has 3 unspecified atom stereocenters. The van der Waals surface area contributed by atoms with Gasteiger partial charge in [-0.15, -0.1) is 13.2 Å². The Morgan fingerprint density at radius 1 is 1.29 bits per heavy atom. The number of hydrogen-bond acceptors (Lipinski definition) is 6. The molecule has 3 aliphatic rings. The molecule has 224 valence electrons. The molecule has 0 aromatic heterocycles. The van der Waals surface area contributed by atoms with E-state index in [2.05, 4.69) is 29.1 Å². The summed E-state index contributed by atoms with van der Waals surface area (Å²) in [5.41, 5.74) is -0.666. The Labute approximate surface area is 255 Å². The van der Waals surface area contributed by atoms with E-state index in [-0.39, 0.29) is 42.3 Å². The van der Waals surface area contributed by atoms with E-state index in [0.717, 1.165) is 12.8 Å². The van der Waals surface area contributed by atoms with E-state index in [9.17, 15) is 19.5 Å². The number of esters is 1. The van der Waals surface area contributed by atoms with Crippen molar-refractivity contribution < 1.29 is 29.0 Å². The highest BCUT2D eigenvalue weighted by atomic mass is 79.9. The first-order valence-electron chi connectivity index (χ1n) is 14.4. The summed E-state index contributed by atoms with van der Waals surface area (Å²) in [6.45, 7) is 11.6. The lowest BCUT2D eigenvalue weighted by atomic mass is 9.70. The second-order valence-electron chi connectivity index (χ2n) is 11.2. The number of carbonyl (C=O) groups excluding carboxylic acids is 3. The highest BCUT2D eigenvalue weighted by Crippen LogP contribution is 2.61. The lowest BCUT2D eigenvalue weighted by Crippen LogP contribution is -2.60. The number of carbonyl (C=O) groups is 3. The van der Waals surface area contributed by atoms with E-state index >= 15 is 0 Å². The third-order valence-electron chi connectivity index (χ3n) is 8.84. The zero-order valence-electron chi connectivity index (χ0n) is 23.7. The van der Waals surface area contributed by atoms with Gasteiger partial charge < -0.3 is 24.4 Å². The van der Waals surface area contributed by atoms with Gasteiger partial charge >= 0.3 is 5.97 Å². The van der Waals surface area contributed by atoms with Gasteiger partial charge in [0.2, 0.25) is 5.91 Å². The largest absolute Gasteiger partial charge is 0.465 e. The standard InChI is InChI=1S/C31H40BrClN2O6/c1-5-8-9-10-16-40-30(39)24-25-28(37)35(23(18-36)19(4)7-3)27(31(25)17-22(32)26(24)41-31)29(38)34(15-6-2)21-13-11-20(33)12-14-21/h5-6,11-14,19,22-27,36H,1-2,7-10,15-18H2,3-4H3/t19-,22?,23-,24+,25-,26+,27?,31?/m0/s1. The number of unbranched alkanes of at least 4 members (excludes halogenated alkanes) is 2. The SMILES string of the molecule is C=CCCCCOC(=O)[C@H]1[C@@H]2OC3(CC2Br)C(C(=O)N(CC=C)c2ccc(Cl)cc2)N([C@@H](CO)[C@@H](C)CC)C(=O)[C@H]13. The topological polar surface area (TPSA) is 96.4 Å². The van der Waals surface area contributed by atoms with Crippen molar-refractivity contribution in [2.45, 2.75) is 74.6 Å². The van der Waals surface area contributed by atoms with Gasteiger partial charge in [0, 0.05) is 22.1 Å². The first-order chi connectivity index (χ1) is 19.7. The molecule has 0 aliphatic carbocycles. The number of benzene rings is 1. The van der Waals surface area contributed by atoms with Crippen LogP contribution in [0.4, 0.5) is 5.69 Å². The van der Waals surface area contributed by atoms with Crippen LogP contribution in [0.3, 0.4) is 0 Å². The molecule has 8 atom stereocenters. The van der Waals surface area contributed by atoms with Gasteiger partial charge in [-0.25, -0.2) is 0 Å². The molecule has 1 spiro atoms. The van der Waals surface area contributed by atoms with Crippen LogP contribution in [0.5, 0.6) is 0 Å². The fraction of sp³-hybridized carbons (Fsp3) is 0.581. The lowest BCUT2D eigenvalue weighted by molar-refractivity contribution is -0.156. The number of ether oxygens (including phenoxy) is 2. The predicted octanol–water partition coefficient (Wildman–Crippen LogP) is 4.91. The molecule has 3 fully saturated rings. The van der Waals surface area contributed by atoms with Gasteiger partial charge in [-0.3, -0.25) is 14.4 Å². The van der Waals surface area contributed by atoms with Crippen molar-refractivity contribution in [2.75, 3.05) is 24.7 Å². The number of fused-ring (bicyclic) bond motifs is 1. The fourth-order valence-corrected chi connectivity index (χ4v) is 7.74. The van der Waals surface area contributed by atoms with Crippen molar-refractivity contribution in [3.8, 4) is 0 Å². The molecule has 8 nitrogen and oxygen atoms in total. The van der Waals surface area contributed by atoms with E-state index < -0.39 is 41.6 Å². The number of aliphatic hydroxyl groups excluding tert-OH is 1. The number of hydrogen-bond donors (Lipinski definition) is 1. The molecule has 3 aliphatic heterocycles. The van der Waals surface area contributed by atoms with E-state index in [0.29, 0.717) is 30.0 Å². The van der Waals surface area contributed by atoms with Crippen LogP contribution in [0.25, 0.3) is 0 Å². The maximum absolute atomic E-state index is 14.6. The summed E-state index contributed by atoms with van der Waals surface area (Å²) < 4.78 is 12.3. The second kappa shape index (κ2) is 13.4. The Morgan fingerprint density at radius 2 is 2.00 bits per heavy atom. The number of likely N-dealkylation sites (tertiary alicyclic amines) is 1. The molecule has 2 amide bonds. The summed E-state index contributed by atoms with van der Waals surface area (Å²) in [4.78, 5) is 45.4. The van der Waals surface area contributed by atoms with Crippen LogP contribution in [-0.4, -0.2) is 76.2 Å². The molecule has 3 heterocycles. The molecular formula is C31H40BrClN2O6. The third-order valence-corrected chi connectivity index (χ3v) is 9.94. The molecule has 10 heteroatoms. The number of anilines is 1. The summed E-state index contributed by atoms with van der Waals surface area (Å²) in [7, 11) is 0.